The molecule has 1 aromatic rings. The highest BCUT2D eigenvalue weighted by Gasteiger charge is 2.31. The molecule has 0 unspecified atom stereocenters. The van der Waals surface area contributed by atoms with Gasteiger partial charge in [-0.05, 0) is 19.8 Å². The summed E-state index contributed by atoms with van der Waals surface area (Å²) >= 11 is 6.17. The molecule has 0 aromatic carbocycles. The van der Waals surface area contributed by atoms with E-state index < -0.39 is 5.60 Å². The molecule has 1 saturated carbocycles. The van der Waals surface area contributed by atoms with Crippen LogP contribution in [0.15, 0.2) is 0 Å². The van der Waals surface area contributed by atoms with Crippen molar-refractivity contribution in [3.63, 3.8) is 0 Å². The zero-order chi connectivity index (χ0) is 14.2. The molecule has 3 rings (SSSR count). The van der Waals surface area contributed by atoms with E-state index in [1.54, 1.807) is 0 Å². The van der Waals surface area contributed by atoms with Gasteiger partial charge in [-0.3, -0.25) is 0 Å². The predicted molar refractivity (Wildman–Crippen MR) is 77.2 cm³/mol. The topological polar surface area (TPSA) is 67.3 Å². The molecule has 20 heavy (non-hydrogen) atoms. The maximum Gasteiger partial charge on any atom is 0.137 e. The molecular weight excluding hydrogens is 278 g/mol. The van der Waals surface area contributed by atoms with Crippen LogP contribution in [-0.4, -0.2) is 40.4 Å². The summed E-state index contributed by atoms with van der Waals surface area (Å²) in [5.41, 5.74) is 0.119. The third kappa shape index (κ3) is 3.05. The van der Waals surface area contributed by atoms with E-state index in [4.69, 9.17) is 16.3 Å². The maximum atomic E-state index is 10.5. The average Bonchev–Trinajstić information content (AvgIpc) is 3.26. The number of aromatic nitrogens is 2. The highest BCUT2D eigenvalue weighted by Crippen LogP contribution is 2.39. The van der Waals surface area contributed by atoms with Gasteiger partial charge in [0.1, 0.15) is 16.8 Å². The van der Waals surface area contributed by atoms with Gasteiger partial charge in [0.25, 0.3) is 0 Å². The van der Waals surface area contributed by atoms with Crippen LogP contribution < -0.4 is 5.32 Å². The third-order valence-corrected chi connectivity index (χ3v) is 4.42. The van der Waals surface area contributed by atoms with Crippen molar-refractivity contribution in [3.05, 3.63) is 16.5 Å². The predicted octanol–water partition coefficient (Wildman–Crippen LogP) is 2.27. The molecule has 0 amide bonds. The molecule has 5 nitrogen and oxygen atoms in total. The number of nitrogens with zero attached hydrogens (tertiary/aromatic N) is 2. The van der Waals surface area contributed by atoms with Crippen molar-refractivity contribution >= 4 is 17.4 Å². The Labute approximate surface area is 123 Å². The Morgan fingerprint density at radius 3 is 2.70 bits per heavy atom. The summed E-state index contributed by atoms with van der Waals surface area (Å²) in [4.78, 5) is 8.90. The minimum absolute atomic E-state index is 0.458. The molecule has 6 heteroatoms. The van der Waals surface area contributed by atoms with Crippen LogP contribution in [0.5, 0.6) is 0 Å². The van der Waals surface area contributed by atoms with E-state index in [-0.39, 0.29) is 0 Å². The number of halogens is 1. The van der Waals surface area contributed by atoms with Crippen LogP contribution in [0.1, 0.15) is 43.0 Å². The van der Waals surface area contributed by atoms with Crippen LogP contribution in [0.4, 0.5) is 5.82 Å². The van der Waals surface area contributed by atoms with E-state index in [0.29, 0.717) is 43.7 Å². The molecule has 2 aliphatic rings. The lowest BCUT2D eigenvalue weighted by Gasteiger charge is -2.32. The second kappa shape index (κ2) is 5.47. The normalized spacial score (nSPS) is 21.8. The largest absolute Gasteiger partial charge is 0.388 e. The summed E-state index contributed by atoms with van der Waals surface area (Å²) in [6.45, 7) is 3.58. The van der Waals surface area contributed by atoms with Crippen molar-refractivity contribution in [3.8, 4) is 0 Å². The van der Waals surface area contributed by atoms with Crippen molar-refractivity contribution in [1.82, 2.24) is 9.97 Å². The smallest absolute Gasteiger partial charge is 0.137 e. The number of rotatable bonds is 4. The van der Waals surface area contributed by atoms with Crippen LogP contribution in [0, 0.1) is 6.92 Å². The summed E-state index contributed by atoms with van der Waals surface area (Å²) in [7, 11) is 0. The minimum Gasteiger partial charge on any atom is -0.388 e. The Kier molecular flexibility index (Phi) is 3.84. The van der Waals surface area contributed by atoms with Gasteiger partial charge in [0.2, 0.25) is 0 Å². The first-order chi connectivity index (χ1) is 9.57. The first-order valence-electron chi connectivity index (χ1n) is 7.15. The number of ether oxygens (including phenoxy) is 1. The van der Waals surface area contributed by atoms with E-state index in [0.717, 1.165) is 30.0 Å². The fourth-order valence-electron chi connectivity index (χ4n) is 2.38. The number of nitrogens with one attached hydrogen (secondary N) is 1. The standard InChI is InChI=1S/C14H20ClN3O2/c1-9-11(15)17-13(10-2-3-10)18-12(9)16-8-14(19)4-6-20-7-5-14/h10,19H,2-8H2,1H3,(H,16,17,18). The molecular formula is C14H20ClN3O2. The summed E-state index contributed by atoms with van der Waals surface area (Å²) in [5, 5.41) is 14.2. The first-order valence-corrected chi connectivity index (χ1v) is 7.53. The molecule has 0 atom stereocenters. The molecule has 0 spiro atoms. The molecule has 0 radical (unpaired) electrons. The maximum absolute atomic E-state index is 10.5. The number of hydrogen-bond acceptors (Lipinski definition) is 5. The highest BCUT2D eigenvalue weighted by atomic mass is 35.5. The third-order valence-electron chi connectivity index (χ3n) is 4.05. The van der Waals surface area contributed by atoms with Crippen molar-refractivity contribution in [1.29, 1.82) is 0 Å². The van der Waals surface area contributed by atoms with Crippen LogP contribution in [0.25, 0.3) is 0 Å². The van der Waals surface area contributed by atoms with Crippen molar-refractivity contribution in [2.45, 2.75) is 44.1 Å². The van der Waals surface area contributed by atoms with Gasteiger partial charge in [-0.25, -0.2) is 9.97 Å². The van der Waals surface area contributed by atoms with Gasteiger partial charge in [0.05, 0.1) is 5.60 Å². The van der Waals surface area contributed by atoms with Gasteiger partial charge in [-0.1, -0.05) is 11.6 Å². The second-order valence-corrected chi connectivity index (χ2v) is 6.17. The molecule has 1 aliphatic carbocycles. The molecule has 2 heterocycles. The van der Waals surface area contributed by atoms with E-state index >= 15 is 0 Å². The zero-order valence-electron chi connectivity index (χ0n) is 11.7. The Morgan fingerprint density at radius 2 is 2.05 bits per heavy atom. The molecule has 2 fully saturated rings. The Bertz CT molecular complexity index is 499. The molecule has 1 aromatic heterocycles. The van der Waals surface area contributed by atoms with Gasteiger partial charge in [-0.15, -0.1) is 0 Å². The quantitative estimate of drug-likeness (QED) is 0.835. The van der Waals surface area contributed by atoms with Gasteiger partial charge >= 0.3 is 0 Å². The fourth-order valence-corrected chi connectivity index (χ4v) is 2.55. The molecule has 110 valence electrons. The van der Waals surface area contributed by atoms with Crippen molar-refractivity contribution < 1.29 is 9.84 Å². The summed E-state index contributed by atoms with van der Waals surface area (Å²) < 4.78 is 5.28. The van der Waals surface area contributed by atoms with Crippen LogP contribution in [0.3, 0.4) is 0 Å². The van der Waals surface area contributed by atoms with E-state index in [2.05, 4.69) is 15.3 Å². The van der Waals surface area contributed by atoms with Crippen LogP contribution in [-0.2, 0) is 4.74 Å². The zero-order valence-corrected chi connectivity index (χ0v) is 12.4. The average molecular weight is 298 g/mol. The Morgan fingerprint density at radius 1 is 1.35 bits per heavy atom. The number of anilines is 1. The number of hydrogen-bond donors (Lipinski definition) is 2. The lowest BCUT2D eigenvalue weighted by molar-refractivity contribution is -0.0543. The van der Waals surface area contributed by atoms with Crippen molar-refractivity contribution in [2.24, 2.45) is 0 Å². The molecule has 1 saturated heterocycles. The SMILES string of the molecule is Cc1c(Cl)nc(C2CC2)nc1NCC1(O)CCOCC1. The lowest BCUT2D eigenvalue weighted by Crippen LogP contribution is -2.42. The number of aliphatic hydroxyl groups is 1. The molecule has 0 bridgehead atoms. The Hall–Kier alpha value is -0.910. The van der Waals surface area contributed by atoms with E-state index in [9.17, 15) is 5.11 Å². The molecule has 1 aliphatic heterocycles. The first kappa shape index (κ1) is 14.0. The second-order valence-electron chi connectivity index (χ2n) is 5.81. The van der Waals surface area contributed by atoms with Gasteiger partial charge in [-0.2, -0.15) is 0 Å². The van der Waals surface area contributed by atoms with E-state index in [1.165, 1.54) is 0 Å². The summed E-state index contributed by atoms with van der Waals surface area (Å²) in [6.07, 6.45) is 3.57. The molecule has 2 N–H and O–H groups in total. The lowest BCUT2D eigenvalue weighted by atomic mass is 9.94. The monoisotopic (exact) mass is 297 g/mol. The Balaban J connectivity index is 1.72. The van der Waals surface area contributed by atoms with Gasteiger partial charge in [0, 0.05) is 44.1 Å². The van der Waals surface area contributed by atoms with Gasteiger partial charge < -0.3 is 15.2 Å². The van der Waals surface area contributed by atoms with Crippen molar-refractivity contribution in [2.75, 3.05) is 25.1 Å². The minimum atomic E-state index is -0.720. The van der Waals surface area contributed by atoms with Gasteiger partial charge in [0.15, 0.2) is 0 Å². The van der Waals surface area contributed by atoms with E-state index in [1.807, 2.05) is 6.92 Å². The summed E-state index contributed by atoms with van der Waals surface area (Å²) in [6, 6.07) is 0. The van der Waals surface area contributed by atoms with Crippen LogP contribution in [0.2, 0.25) is 5.15 Å². The fraction of sp³-hybridized carbons (Fsp3) is 0.714. The van der Waals surface area contributed by atoms with Crippen LogP contribution >= 0.6 is 11.6 Å². The highest BCUT2D eigenvalue weighted by molar-refractivity contribution is 6.30. The summed E-state index contributed by atoms with van der Waals surface area (Å²) in [5.74, 6) is 2.02.